The molecule has 0 unspecified atom stereocenters. The molecule has 0 saturated heterocycles. The van der Waals surface area contributed by atoms with E-state index in [2.05, 4.69) is 47.4 Å². The third-order valence-electron chi connectivity index (χ3n) is 2.91. The van der Waals surface area contributed by atoms with Gasteiger partial charge in [-0.1, -0.05) is 13.8 Å². The summed E-state index contributed by atoms with van der Waals surface area (Å²) in [6.45, 7) is 6.96. The summed E-state index contributed by atoms with van der Waals surface area (Å²) in [5, 5.41) is 3.44. The number of thioether (sulfide) groups is 1. The van der Waals surface area contributed by atoms with E-state index in [4.69, 9.17) is 9.47 Å². The number of methoxy groups -OCH3 is 1. The maximum absolute atomic E-state index is 5.85. The predicted molar refractivity (Wildman–Crippen MR) is 95.7 cm³/mol. The number of hydrogen-bond donors (Lipinski definition) is 1. The highest BCUT2D eigenvalue weighted by molar-refractivity contribution is 9.10. The molecule has 0 atom stereocenters. The second kappa shape index (κ2) is 10.4. The maximum Gasteiger partial charge on any atom is 0.175 e. The van der Waals surface area contributed by atoms with Gasteiger partial charge in [0.25, 0.3) is 0 Å². The Kier molecular flexibility index (Phi) is 9.20. The Labute approximate surface area is 141 Å². The second-order valence-corrected chi connectivity index (χ2v) is 7.17. The Bertz CT molecular complexity index is 427. The molecule has 120 valence electrons. The molecule has 3 nitrogen and oxygen atoms in total. The van der Waals surface area contributed by atoms with Gasteiger partial charge < -0.3 is 14.8 Å². The third kappa shape index (κ3) is 6.94. The van der Waals surface area contributed by atoms with Crippen molar-refractivity contribution in [2.75, 3.05) is 32.3 Å². The van der Waals surface area contributed by atoms with E-state index in [1.807, 2.05) is 17.8 Å². The van der Waals surface area contributed by atoms with Gasteiger partial charge in [0.15, 0.2) is 11.5 Å². The van der Waals surface area contributed by atoms with Gasteiger partial charge in [-0.15, -0.1) is 0 Å². The molecular weight excluding hydrogens is 350 g/mol. The zero-order valence-corrected chi connectivity index (χ0v) is 15.8. The van der Waals surface area contributed by atoms with E-state index in [1.54, 1.807) is 7.11 Å². The van der Waals surface area contributed by atoms with Crippen LogP contribution in [0.1, 0.15) is 25.8 Å². The lowest BCUT2D eigenvalue weighted by atomic mass is 10.2. The summed E-state index contributed by atoms with van der Waals surface area (Å²) in [4.78, 5) is 0. The Morgan fingerprint density at radius 3 is 2.71 bits per heavy atom. The molecule has 0 spiro atoms. The monoisotopic (exact) mass is 375 g/mol. The van der Waals surface area contributed by atoms with Gasteiger partial charge in [0, 0.05) is 6.54 Å². The van der Waals surface area contributed by atoms with Crippen molar-refractivity contribution in [3.8, 4) is 11.5 Å². The van der Waals surface area contributed by atoms with Gasteiger partial charge in [-0.2, -0.15) is 11.8 Å². The van der Waals surface area contributed by atoms with Gasteiger partial charge in [-0.05, 0) is 64.5 Å². The van der Waals surface area contributed by atoms with Crippen LogP contribution in [-0.4, -0.2) is 32.3 Å². The molecule has 5 heteroatoms. The van der Waals surface area contributed by atoms with Crippen molar-refractivity contribution in [3.63, 3.8) is 0 Å². The highest BCUT2D eigenvalue weighted by Crippen LogP contribution is 2.36. The van der Waals surface area contributed by atoms with E-state index < -0.39 is 0 Å². The molecule has 0 radical (unpaired) electrons. The van der Waals surface area contributed by atoms with E-state index in [0.717, 1.165) is 41.2 Å². The Hall–Kier alpha value is -0.390. The summed E-state index contributed by atoms with van der Waals surface area (Å²) in [7, 11) is 1.68. The zero-order chi connectivity index (χ0) is 15.7. The number of halogens is 1. The van der Waals surface area contributed by atoms with Gasteiger partial charge in [-0.25, -0.2) is 0 Å². The van der Waals surface area contributed by atoms with Crippen molar-refractivity contribution in [2.45, 2.75) is 26.8 Å². The van der Waals surface area contributed by atoms with Gasteiger partial charge in [0.2, 0.25) is 0 Å². The van der Waals surface area contributed by atoms with Crippen molar-refractivity contribution >= 4 is 27.7 Å². The summed E-state index contributed by atoms with van der Waals surface area (Å²) >= 11 is 5.42. The smallest absolute Gasteiger partial charge is 0.175 e. The van der Waals surface area contributed by atoms with Crippen molar-refractivity contribution in [1.82, 2.24) is 5.32 Å². The van der Waals surface area contributed by atoms with Crippen molar-refractivity contribution in [3.05, 3.63) is 22.2 Å². The van der Waals surface area contributed by atoms with Crippen LogP contribution in [0.2, 0.25) is 0 Å². The van der Waals surface area contributed by atoms with Gasteiger partial charge in [-0.3, -0.25) is 0 Å². The molecule has 1 rings (SSSR count). The standard InChI is InChI=1S/C16H26BrNO2S/c1-12(2)10-18-11-13-8-14(17)16(15(9-13)19-3)20-6-5-7-21-4/h8-9,12,18H,5-7,10-11H2,1-4H3. The lowest BCUT2D eigenvalue weighted by Gasteiger charge is -2.15. The molecule has 0 aliphatic heterocycles. The fraction of sp³-hybridized carbons (Fsp3) is 0.625. The molecule has 0 amide bonds. The van der Waals surface area contributed by atoms with Gasteiger partial charge in [0.1, 0.15) is 0 Å². The molecule has 0 aliphatic carbocycles. The number of rotatable bonds is 10. The molecule has 21 heavy (non-hydrogen) atoms. The van der Waals surface area contributed by atoms with E-state index in [1.165, 1.54) is 5.56 Å². The summed E-state index contributed by atoms with van der Waals surface area (Å²) in [6.07, 6.45) is 3.14. The summed E-state index contributed by atoms with van der Waals surface area (Å²) in [5.74, 6) is 3.34. The molecular formula is C16H26BrNO2S. The Morgan fingerprint density at radius 2 is 2.10 bits per heavy atom. The minimum atomic E-state index is 0.648. The number of ether oxygens (including phenoxy) is 2. The molecule has 1 aromatic carbocycles. The number of nitrogens with one attached hydrogen (secondary N) is 1. The van der Waals surface area contributed by atoms with Crippen molar-refractivity contribution < 1.29 is 9.47 Å². The SMILES string of the molecule is COc1cc(CNCC(C)C)cc(Br)c1OCCCSC. The van der Waals surface area contributed by atoms with Crippen LogP contribution in [0.3, 0.4) is 0 Å². The fourth-order valence-electron chi connectivity index (χ4n) is 1.90. The first-order valence-electron chi connectivity index (χ1n) is 7.27. The molecule has 1 aromatic rings. The second-order valence-electron chi connectivity index (χ2n) is 5.33. The van der Waals surface area contributed by atoms with E-state index in [-0.39, 0.29) is 0 Å². The van der Waals surface area contributed by atoms with E-state index >= 15 is 0 Å². The van der Waals surface area contributed by atoms with Crippen LogP contribution < -0.4 is 14.8 Å². The van der Waals surface area contributed by atoms with Crippen LogP contribution in [0.4, 0.5) is 0 Å². The lowest BCUT2D eigenvalue weighted by Crippen LogP contribution is -2.19. The van der Waals surface area contributed by atoms with Crippen LogP contribution in [0.15, 0.2) is 16.6 Å². The van der Waals surface area contributed by atoms with Crippen molar-refractivity contribution in [1.29, 1.82) is 0 Å². The first kappa shape index (κ1) is 18.7. The third-order valence-corrected chi connectivity index (χ3v) is 4.20. The molecule has 0 heterocycles. The maximum atomic E-state index is 5.85. The minimum Gasteiger partial charge on any atom is -0.493 e. The number of benzene rings is 1. The van der Waals surface area contributed by atoms with Crippen molar-refractivity contribution in [2.24, 2.45) is 5.92 Å². The van der Waals surface area contributed by atoms with Crippen LogP contribution in [0.25, 0.3) is 0 Å². The summed E-state index contributed by atoms with van der Waals surface area (Å²) < 4.78 is 12.3. The Morgan fingerprint density at radius 1 is 1.33 bits per heavy atom. The number of hydrogen-bond acceptors (Lipinski definition) is 4. The first-order chi connectivity index (χ1) is 10.1. The predicted octanol–water partition coefficient (Wildman–Crippen LogP) is 4.34. The lowest BCUT2D eigenvalue weighted by molar-refractivity contribution is 0.293. The first-order valence-corrected chi connectivity index (χ1v) is 9.46. The molecule has 0 aromatic heterocycles. The van der Waals surface area contributed by atoms with E-state index in [0.29, 0.717) is 12.5 Å². The van der Waals surface area contributed by atoms with Crippen LogP contribution in [-0.2, 0) is 6.54 Å². The van der Waals surface area contributed by atoms with E-state index in [9.17, 15) is 0 Å². The molecule has 0 fully saturated rings. The molecule has 0 saturated carbocycles. The molecule has 0 aliphatic rings. The average Bonchev–Trinajstić information content (AvgIpc) is 2.44. The minimum absolute atomic E-state index is 0.648. The van der Waals surface area contributed by atoms with Crippen LogP contribution in [0.5, 0.6) is 11.5 Å². The normalized spacial score (nSPS) is 11.0. The fourth-order valence-corrected chi connectivity index (χ4v) is 2.91. The highest BCUT2D eigenvalue weighted by Gasteiger charge is 2.11. The summed E-state index contributed by atoms with van der Waals surface area (Å²) in [5.41, 5.74) is 1.19. The summed E-state index contributed by atoms with van der Waals surface area (Å²) in [6, 6.07) is 4.14. The Balaban J connectivity index is 2.67. The largest absolute Gasteiger partial charge is 0.493 e. The zero-order valence-electron chi connectivity index (χ0n) is 13.4. The topological polar surface area (TPSA) is 30.5 Å². The highest BCUT2D eigenvalue weighted by atomic mass is 79.9. The van der Waals surface area contributed by atoms with Gasteiger partial charge >= 0.3 is 0 Å². The van der Waals surface area contributed by atoms with Crippen LogP contribution in [0, 0.1) is 5.92 Å². The molecule has 0 bridgehead atoms. The quantitative estimate of drug-likeness (QED) is 0.616. The van der Waals surface area contributed by atoms with Crippen LogP contribution >= 0.6 is 27.7 Å². The average molecular weight is 376 g/mol. The van der Waals surface area contributed by atoms with Gasteiger partial charge in [0.05, 0.1) is 18.2 Å². The molecule has 1 N–H and O–H groups in total.